The van der Waals surface area contributed by atoms with Crippen molar-refractivity contribution in [2.24, 2.45) is 0 Å². The zero-order chi connectivity index (χ0) is 16.4. The van der Waals surface area contributed by atoms with E-state index in [4.69, 9.17) is 11.0 Å². The molecule has 3 aromatic rings. The van der Waals surface area contributed by atoms with Crippen LogP contribution in [0, 0.1) is 18.3 Å². The van der Waals surface area contributed by atoms with Crippen LogP contribution in [0.25, 0.3) is 5.69 Å². The smallest absolute Gasteiger partial charge is 0.259 e. The molecule has 0 atom stereocenters. The number of nitrogens with two attached hydrogens (primary N) is 1. The number of thiazole rings is 1. The average Bonchev–Trinajstić information content (AvgIpc) is 3.16. The molecule has 0 aliphatic carbocycles. The van der Waals surface area contributed by atoms with Crippen molar-refractivity contribution in [3.8, 4) is 11.8 Å². The van der Waals surface area contributed by atoms with Crippen LogP contribution in [0.2, 0.25) is 0 Å². The molecule has 0 bridgehead atoms. The molecule has 23 heavy (non-hydrogen) atoms. The number of anilines is 2. The van der Waals surface area contributed by atoms with E-state index in [0.29, 0.717) is 27.0 Å². The first kappa shape index (κ1) is 14.7. The maximum absolute atomic E-state index is 12.3. The highest BCUT2D eigenvalue weighted by Gasteiger charge is 2.14. The Hall–Kier alpha value is -3.18. The highest BCUT2D eigenvalue weighted by molar-refractivity contribution is 7.16. The van der Waals surface area contributed by atoms with E-state index in [9.17, 15) is 4.79 Å². The number of carbonyl (C=O) groups excluding carboxylic acids is 1. The number of hydrogen-bond acceptors (Lipinski definition) is 6. The number of nitrogen functional groups attached to an aromatic ring is 1. The number of nitrogens with zero attached hydrogens (tertiary/aromatic N) is 4. The summed E-state index contributed by atoms with van der Waals surface area (Å²) in [5.74, 6) is -0.363. The highest BCUT2D eigenvalue weighted by Crippen LogP contribution is 2.23. The highest BCUT2D eigenvalue weighted by atomic mass is 32.1. The van der Waals surface area contributed by atoms with Crippen LogP contribution in [0.4, 0.5) is 10.8 Å². The minimum Gasteiger partial charge on any atom is -0.398 e. The fourth-order valence-corrected chi connectivity index (χ4v) is 2.81. The Kier molecular flexibility index (Phi) is 3.78. The third-order valence-electron chi connectivity index (χ3n) is 3.20. The van der Waals surface area contributed by atoms with Crippen LogP contribution in [-0.2, 0) is 0 Å². The van der Waals surface area contributed by atoms with Crippen molar-refractivity contribution in [2.75, 3.05) is 11.1 Å². The van der Waals surface area contributed by atoms with Crippen LogP contribution in [0.15, 0.2) is 36.9 Å². The number of carbonyl (C=O) groups is 1. The number of benzene rings is 1. The Labute approximate surface area is 136 Å². The van der Waals surface area contributed by atoms with Gasteiger partial charge in [0.25, 0.3) is 5.91 Å². The van der Waals surface area contributed by atoms with Crippen LogP contribution < -0.4 is 11.1 Å². The Bertz CT molecular complexity index is 907. The predicted molar refractivity (Wildman–Crippen MR) is 87.5 cm³/mol. The van der Waals surface area contributed by atoms with Gasteiger partial charge in [-0.2, -0.15) is 5.26 Å². The molecule has 0 saturated carbocycles. The molecular weight excluding hydrogens is 312 g/mol. The first-order valence-electron chi connectivity index (χ1n) is 6.65. The van der Waals surface area contributed by atoms with E-state index in [1.165, 1.54) is 0 Å². The van der Waals surface area contributed by atoms with Gasteiger partial charge in [-0.25, -0.2) is 9.97 Å². The molecule has 0 fully saturated rings. The molecule has 0 aliphatic heterocycles. The van der Waals surface area contributed by atoms with Crippen LogP contribution in [-0.4, -0.2) is 20.4 Å². The predicted octanol–water partition coefficient (Wildman–Crippen LogP) is 2.34. The number of hydrogen-bond donors (Lipinski definition) is 2. The topological polar surface area (TPSA) is 110 Å². The van der Waals surface area contributed by atoms with E-state index < -0.39 is 0 Å². The van der Waals surface area contributed by atoms with Gasteiger partial charge in [-0.15, -0.1) is 0 Å². The lowest BCUT2D eigenvalue weighted by atomic mass is 10.1. The number of nitrogens with one attached hydrogen (secondary N) is 1. The van der Waals surface area contributed by atoms with E-state index in [2.05, 4.69) is 15.3 Å². The van der Waals surface area contributed by atoms with E-state index in [0.717, 1.165) is 17.0 Å². The van der Waals surface area contributed by atoms with Crippen LogP contribution in [0.5, 0.6) is 0 Å². The largest absolute Gasteiger partial charge is 0.398 e. The van der Waals surface area contributed by atoms with E-state index in [1.54, 1.807) is 48.4 Å². The molecule has 8 heteroatoms. The third kappa shape index (κ3) is 2.90. The lowest BCUT2D eigenvalue weighted by Gasteiger charge is -2.08. The van der Waals surface area contributed by atoms with Crippen LogP contribution >= 0.6 is 11.3 Å². The summed E-state index contributed by atoms with van der Waals surface area (Å²) < 4.78 is 1.79. The van der Waals surface area contributed by atoms with Gasteiger partial charge in [0.05, 0.1) is 17.6 Å². The quantitative estimate of drug-likeness (QED) is 0.719. The molecule has 3 rings (SSSR count). The monoisotopic (exact) mass is 324 g/mol. The molecule has 0 spiro atoms. The minimum absolute atomic E-state index is 0.347. The van der Waals surface area contributed by atoms with Gasteiger partial charge in [-0.1, -0.05) is 11.3 Å². The van der Waals surface area contributed by atoms with Crippen molar-refractivity contribution in [1.82, 2.24) is 14.5 Å². The molecule has 0 saturated heterocycles. The van der Waals surface area contributed by atoms with Gasteiger partial charge in [0.2, 0.25) is 0 Å². The molecule has 1 aromatic carbocycles. The van der Waals surface area contributed by atoms with Crippen molar-refractivity contribution >= 4 is 28.1 Å². The maximum atomic E-state index is 12.3. The van der Waals surface area contributed by atoms with Gasteiger partial charge in [-0.05, 0) is 25.1 Å². The maximum Gasteiger partial charge on any atom is 0.259 e. The van der Waals surface area contributed by atoms with Crippen LogP contribution in [0.3, 0.4) is 0 Å². The van der Waals surface area contributed by atoms with Crippen molar-refractivity contribution in [1.29, 1.82) is 5.26 Å². The summed E-state index contributed by atoms with van der Waals surface area (Å²) in [5, 5.41) is 12.0. The lowest BCUT2D eigenvalue weighted by molar-refractivity contribution is 0.102. The van der Waals surface area contributed by atoms with Crippen molar-refractivity contribution in [3.63, 3.8) is 0 Å². The van der Waals surface area contributed by atoms with E-state index in [1.807, 2.05) is 6.07 Å². The number of nitriles is 1. The average molecular weight is 324 g/mol. The first-order chi connectivity index (χ1) is 11.1. The second kappa shape index (κ2) is 5.90. The second-order valence-electron chi connectivity index (χ2n) is 4.74. The third-order valence-corrected chi connectivity index (χ3v) is 4.18. The second-order valence-corrected chi connectivity index (χ2v) is 5.74. The Balaban J connectivity index is 1.83. The number of imidazole rings is 1. The molecule has 0 aliphatic rings. The molecule has 3 N–H and O–H groups in total. The molecule has 0 unspecified atom stereocenters. The number of rotatable bonds is 3. The Morgan fingerprint density at radius 3 is 2.91 bits per heavy atom. The summed E-state index contributed by atoms with van der Waals surface area (Å²) >= 11 is 1.13. The number of amides is 1. The normalized spacial score (nSPS) is 10.3. The van der Waals surface area contributed by atoms with E-state index in [-0.39, 0.29) is 5.91 Å². The van der Waals surface area contributed by atoms with Crippen LogP contribution in [0.1, 0.15) is 20.9 Å². The Morgan fingerprint density at radius 2 is 2.30 bits per heavy atom. The zero-order valence-electron chi connectivity index (χ0n) is 12.1. The summed E-state index contributed by atoms with van der Waals surface area (Å²) in [6, 6.07) is 7.16. The standard InChI is InChI=1S/C15H12N6OS/c1-9-13(7-16)23-15(19-9)20-14(22)11-3-2-10(6-12(11)17)21-5-4-18-8-21/h2-6,8H,17H2,1H3,(H,19,20,22). The summed E-state index contributed by atoms with van der Waals surface area (Å²) in [6.45, 7) is 1.72. The summed E-state index contributed by atoms with van der Waals surface area (Å²) in [6.07, 6.45) is 5.10. The molecule has 0 radical (unpaired) electrons. The van der Waals surface area contributed by atoms with E-state index >= 15 is 0 Å². The molecule has 2 aromatic heterocycles. The fourth-order valence-electron chi connectivity index (χ4n) is 2.05. The zero-order valence-corrected chi connectivity index (χ0v) is 13.0. The van der Waals surface area contributed by atoms with Gasteiger partial charge < -0.3 is 10.3 Å². The number of aryl methyl sites for hydroxylation is 1. The molecule has 114 valence electrons. The van der Waals surface area contributed by atoms with Crippen molar-refractivity contribution in [2.45, 2.75) is 6.92 Å². The van der Waals surface area contributed by atoms with Gasteiger partial charge in [0.1, 0.15) is 10.9 Å². The SMILES string of the molecule is Cc1nc(NC(=O)c2ccc(-n3ccnc3)cc2N)sc1C#N. The van der Waals surface area contributed by atoms with Crippen molar-refractivity contribution in [3.05, 3.63) is 53.1 Å². The van der Waals surface area contributed by atoms with Crippen molar-refractivity contribution < 1.29 is 4.79 Å². The molecule has 2 heterocycles. The summed E-state index contributed by atoms with van der Waals surface area (Å²) in [4.78, 5) is 20.9. The fraction of sp³-hybridized carbons (Fsp3) is 0.0667. The Morgan fingerprint density at radius 1 is 1.48 bits per heavy atom. The first-order valence-corrected chi connectivity index (χ1v) is 7.47. The molecule has 1 amide bonds. The number of aromatic nitrogens is 3. The minimum atomic E-state index is -0.363. The van der Waals surface area contributed by atoms with Gasteiger partial charge in [0.15, 0.2) is 5.13 Å². The molecule has 7 nitrogen and oxygen atoms in total. The van der Waals surface area contributed by atoms with Gasteiger partial charge >= 0.3 is 0 Å². The van der Waals surface area contributed by atoms with Gasteiger partial charge in [-0.3, -0.25) is 10.1 Å². The summed E-state index contributed by atoms with van der Waals surface area (Å²) in [5.41, 5.74) is 8.08. The van der Waals surface area contributed by atoms with Gasteiger partial charge in [0, 0.05) is 23.8 Å². The molecular formula is C15H12N6OS. The lowest BCUT2D eigenvalue weighted by Crippen LogP contribution is -2.14. The summed E-state index contributed by atoms with van der Waals surface area (Å²) in [7, 11) is 0.